The molecule has 1 aliphatic carbocycles. The van der Waals surface area contributed by atoms with Gasteiger partial charge in [-0.05, 0) is 18.4 Å². The third-order valence-corrected chi connectivity index (χ3v) is 3.63. The Bertz CT molecular complexity index is 431. The van der Waals surface area contributed by atoms with Crippen LogP contribution in [0.4, 0.5) is 0 Å². The molecule has 1 N–H and O–H groups in total. The van der Waals surface area contributed by atoms with Gasteiger partial charge in [-0.2, -0.15) is 0 Å². The molecule has 1 aromatic carbocycles. The molecule has 1 saturated heterocycles. The van der Waals surface area contributed by atoms with Crippen LogP contribution >= 0.6 is 0 Å². The second kappa shape index (κ2) is 5.72. The quantitative estimate of drug-likeness (QED) is 0.888. The summed E-state index contributed by atoms with van der Waals surface area (Å²) in [5.74, 6) is 0.149. The fraction of sp³-hybridized carbons (Fsp3) is 0.533. The van der Waals surface area contributed by atoms with E-state index in [1.54, 1.807) is 0 Å². The second-order valence-electron chi connectivity index (χ2n) is 5.35. The van der Waals surface area contributed by atoms with Crippen LogP contribution in [-0.2, 0) is 9.53 Å². The summed E-state index contributed by atoms with van der Waals surface area (Å²) in [6.45, 7) is 2.81. The highest BCUT2D eigenvalue weighted by Gasteiger charge is 2.26. The molecular weight excluding hydrogens is 240 g/mol. The summed E-state index contributed by atoms with van der Waals surface area (Å²) in [5, 5.41) is 3.03. The van der Waals surface area contributed by atoms with Gasteiger partial charge in [0.15, 0.2) is 0 Å². The average Bonchev–Trinajstić information content (AvgIpc) is 3.24. The third kappa shape index (κ3) is 3.55. The number of nitrogens with zero attached hydrogens (tertiary/aromatic N) is 1. The van der Waals surface area contributed by atoms with E-state index in [1.165, 1.54) is 5.56 Å². The molecule has 2 aliphatic rings. The molecule has 0 bridgehead atoms. The lowest BCUT2D eigenvalue weighted by Gasteiger charge is -2.32. The van der Waals surface area contributed by atoms with Gasteiger partial charge >= 0.3 is 0 Å². The molecule has 1 saturated carbocycles. The van der Waals surface area contributed by atoms with Crippen LogP contribution in [0.2, 0.25) is 0 Å². The van der Waals surface area contributed by atoms with Crippen LogP contribution in [0.5, 0.6) is 0 Å². The minimum atomic E-state index is 0.0867. The topological polar surface area (TPSA) is 41.6 Å². The van der Waals surface area contributed by atoms with Crippen LogP contribution in [0.1, 0.15) is 24.5 Å². The van der Waals surface area contributed by atoms with E-state index in [0.29, 0.717) is 19.2 Å². The summed E-state index contributed by atoms with van der Waals surface area (Å²) in [6.07, 6.45) is 2.37. The highest BCUT2D eigenvalue weighted by Crippen LogP contribution is 2.22. The van der Waals surface area contributed by atoms with E-state index < -0.39 is 0 Å². The smallest absolute Gasteiger partial charge is 0.234 e. The number of carbonyl (C=O) groups excluding carboxylic acids is 1. The monoisotopic (exact) mass is 260 g/mol. The number of rotatable bonds is 4. The molecule has 4 nitrogen and oxygen atoms in total. The molecule has 0 spiro atoms. The van der Waals surface area contributed by atoms with Crippen molar-refractivity contribution in [1.29, 1.82) is 0 Å². The Hall–Kier alpha value is -1.39. The molecule has 19 heavy (non-hydrogen) atoms. The predicted octanol–water partition coefficient (Wildman–Crippen LogP) is 1.34. The Kier molecular flexibility index (Phi) is 3.80. The summed E-state index contributed by atoms with van der Waals surface area (Å²) < 4.78 is 5.80. The molecule has 1 atom stereocenters. The summed E-state index contributed by atoms with van der Waals surface area (Å²) in [4.78, 5) is 14.0. The van der Waals surface area contributed by atoms with Gasteiger partial charge in [0.05, 0.1) is 19.3 Å². The average molecular weight is 260 g/mol. The molecule has 0 aromatic heterocycles. The van der Waals surface area contributed by atoms with Crippen LogP contribution in [0.3, 0.4) is 0 Å². The molecular formula is C15H20N2O2. The van der Waals surface area contributed by atoms with Gasteiger partial charge in [-0.3, -0.25) is 9.69 Å². The number of morpholine rings is 1. The van der Waals surface area contributed by atoms with Gasteiger partial charge in [-0.25, -0.2) is 0 Å². The zero-order chi connectivity index (χ0) is 13.1. The van der Waals surface area contributed by atoms with Crippen molar-refractivity contribution in [3.05, 3.63) is 35.9 Å². The van der Waals surface area contributed by atoms with E-state index in [2.05, 4.69) is 22.3 Å². The highest BCUT2D eigenvalue weighted by atomic mass is 16.5. The van der Waals surface area contributed by atoms with Crippen molar-refractivity contribution < 1.29 is 9.53 Å². The number of amides is 1. The standard InChI is InChI=1S/C15H20N2O2/c18-15(16-13-6-7-13)11-17-8-9-19-14(10-17)12-4-2-1-3-5-12/h1-5,13-14H,6-11H2,(H,16,18)/t14-/m0/s1. The molecule has 1 aliphatic heterocycles. The number of carbonyl (C=O) groups is 1. The Morgan fingerprint density at radius 2 is 2.11 bits per heavy atom. The highest BCUT2D eigenvalue weighted by molar-refractivity contribution is 5.78. The lowest BCUT2D eigenvalue weighted by Crippen LogP contribution is -2.44. The first-order valence-electron chi connectivity index (χ1n) is 6.99. The first-order chi connectivity index (χ1) is 9.31. The number of ether oxygens (including phenoxy) is 1. The van der Waals surface area contributed by atoms with Crippen molar-refractivity contribution in [1.82, 2.24) is 10.2 Å². The lowest BCUT2D eigenvalue weighted by atomic mass is 10.1. The van der Waals surface area contributed by atoms with Crippen molar-refractivity contribution in [3.63, 3.8) is 0 Å². The number of nitrogens with one attached hydrogen (secondary N) is 1. The van der Waals surface area contributed by atoms with Gasteiger partial charge in [-0.1, -0.05) is 30.3 Å². The van der Waals surface area contributed by atoms with E-state index >= 15 is 0 Å². The minimum Gasteiger partial charge on any atom is -0.371 e. The maximum atomic E-state index is 11.8. The summed E-state index contributed by atoms with van der Waals surface area (Å²) in [7, 11) is 0. The van der Waals surface area contributed by atoms with E-state index in [9.17, 15) is 4.79 Å². The summed E-state index contributed by atoms with van der Waals surface area (Å²) in [5.41, 5.74) is 1.19. The largest absolute Gasteiger partial charge is 0.371 e. The van der Waals surface area contributed by atoms with Crippen LogP contribution in [0.25, 0.3) is 0 Å². The van der Waals surface area contributed by atoms with E-state index in [1.807, 2.05) is 18.2 Å². The van der Waals surface area contributed by atoms with Crippen molar-refractivity contribution in [2.45, 2.75) is 25.0 Å². The molecule has 2 fully saturated rings. The molecule has 3 rings (SSSR count). The molecule has 4 heteroatoms. The Morgan fingerprint density at radius 3 is 2.84 bits per heavy atom. The Balaban J connectivity index is 1.54. The fourth-order valence-electron chi connectivity index (χ4n) is 2.42. The Morgan fingerprint density at radius 1 is 1.32 bits per heavy atom. The molecule has 1 heterocycles. The van der Waals surface area contributed by atoms with Gasteiger partial charge in [0.1, 0.15) is 0 Å². The van der Waals surface area contributed by atoms with Gasteiger partial charge in [0, 0.05) is 19.1 Å². The van der Waals surface area contributed by atoms with Crippen LogP contribution < -0.4 is 5.32 Å². The van der Waals surface area contributed by atoms with Gasteiger partial charge in [0.25, 0.3) is 0 Å². The summed E-state index contributed by atoms with van der Waals surface area (Å²) in [6, 6.07) is 10.7. The molecule has 0 radical (unpaired) electrons. The van der Waals surface area contributed by atoms with Crippen LogP contribution in [0.15, 0.2) is 30.3 Å². The molecule has 1 amide bonds. The SMILES string of the molecule is O=C(CN1CCO[C@H](c2ccccc2)C1)NC1CC1. The molecule has 1 aromatic rings. The lowest BCUT2D eigenvalue weighted by molar-refractivity contribution is -0.124. The zero-order valence-electron chi connectivity index (χ0n) is 11.0. The van der Waals surface area contributed by atoms with Crippen LogP contribution in [0, 0.1) is 0 Å². The van der Waals surface area contributed by atoms with Gasteiger partial charge < -0.3 is 10.1 Å². The van der Waals surface area contributed by atoms with Crippen molar-refractivity contribution in [2.75, 3.05) is 26.2 Å². The van der Waals surface area contributed by atoms with Crippen molar-refractivity contribution in [2.24, 2.45) is 0 Å². The maximum absolute atomic E-state index is 11.8. The maximum Gasteiger partial charge on any atom is 0.234 e. The van der Waals surface area contributed by atoms with Crippen LogP contribution in [-0.4, -0.2) is 43.1 Å². The predicted molar refractivity (Wildman–Crippen MR) is 72.7 cm³/mol. The van der Waals surface area contributed by atoms with E-state index in [-0.39, 0.29) is 12.0 Å². The Labute approximate surface area is 113 Å². The van der Waals surface area contributed by atoms with Gasteiger partial charge in [0.2, 0.25) is 5.91 Å². The molecule has 0 unspecified atom stereocenters. The number of hydrogen-bond acceptors (Lipinski definition) is 3. The number of benzene rings is 1. The second-order valence-corrected chi connectivity index (χ2v) is 5.35. The minimum absolute atomic E-state index is 0.0867. The summed E-state index contributed by atoms with van der Waals surface area (Å²) >= 11 is 0. The molecule has 102 valence electrons. The fourth-order valence-corrected chi connectivity index (χ4v) is 2.42. The van der Waals surface area contributed by atoms with E-state index in [4.69, 9.17) is 4.74 Å². The van der Waals surface area contributed by atoms with E-state index in [0.717, 1.165) is 25.9 Å². The normalized spacial score (nSPS) is 24.1. The first kappa shape index (κ1) is 12.6. The first-order valence-corrected chi connectivity index (χ1v) is 6.99. The van der Waals surface area contributed by atoms with Crippen molar-refractivity contribution in [3.8, 4) is 0 Å². The third-order valence-electron chi connectivity index (χ3n) is 3.63. The van der Waals surface area contributed by atoms with Gasteiger partial charge in [-0.15, -0.1) is 0 Å². The number of hydrogen-bond donors (Lipinski definition) is 1. The zero-order valence-corrected chi connectivity index (χ0v) is 11.0. The van der Waals surface area contributed by atoms with Crippen molar-refractivity contribution >= 4 is 5.91 Å².